The summed E-state index contributed by atoms with van der Waals surface area (Å²) in [5.74, 6) is 0.987. The quantitative estimate of drug-likeness (QED) is 0.656. The lowest BCUT2D eigenvalue weighted by Gasteiger charge is -2.00. The first-order chi connectivity index (χ1) is 7.25. The number of aromatic nitrogens is 1. The Labute approximate surface area is 97.5 Å². The van der Waals surface area contributed by atoms with Crippen LogP contribution >= 0.6 is 23.1 Å². The number of hydrogen-bond acceptors (Lipinski definition) is 4. The smallest absolute Gasteiger partial charge is 0.0797 e. The van der Waals surface area contributed by atoms with Gasteiger partial charge >= 0.3 is 0 Å². The second kappa shape index (κ2) is 4.68. The molecule has 1 heterocycles. The maximum absolute atomic E-state index is 5.62. The summed E-state index contributed by atoms with van der Waals surface area (Å²) in [5, 5.41) is 0. The van der Waals surface area contributed by atoms with Gasteiger partial charge in [-0.3, -0.25) is 0 Å². The number of nitrogens with two attached hydrogens (primary N) is 1. The fraction of sp³-hybridized carbons (Fsp3) is 0.182. The summed E-state index contributed by atoms with van der Waals surface area (Å²) in [4.78, 5) is 6.82. The van der Waals surface area contributed by atoms with Crippen LogP contribution in [0.1, 0.15) is 10.6 Å². The van der Waals surface area contributed by atoms with Gasteiger partial charge in [-0.1, -0.05) is 0 Å². The van der Waals surface area contributed by atoms with Crippen molar-refractivity contribution < 1.29 is 0 Å². The van der Waals surface area contributed by atoms with E-state index in [9.17, 15) is 0 Å². The molecule has 0 unspecified atom stereocenters. The minimum absolute atomic E-state index is 0.813. The first kappa shape index (κ1) is 10.5. The third kappa shape index (κ3) is 2.73. The van der Waals surface area contributed by atoms with Crippen LogP contribution in [0, 0.1) is 6.92 Å². The lowest BCUT2D eigenvalue weighted by molar-refractivity contribution is 1.22. The van der Waals surface area contributed by atoms with E-state index < -0.39 is 0 Å². The molecule has 15 heavy (non-hydrogen) atoms. The molecule has 1 aromatic carbocycles. The average Bonchev–Trinajstić information content (AvgIpc) is 2.63. The molecule has 78 valence electrons. The molecule has 0 fully saturated rings. The summed E-state index contributed by atoms with van der Waals surface area (Å²) < 4.78 is 0. The van der Waals surface area contributed by atoms with E-state index in [0.717, 1.165) is 17.1 Å². The van der Waals surface area contributed by atoms with Gasteiger partial charge in [0, 0.05) is 21.2 Å². The van der Waals surface area contributed by atoms with E-state index in [1.807, 2.05) is 29.4 Å². The zero-order valence-electron chi connectivity index (χ0n) is 8.43. The van der Waals surface area contributed by atoms with E-state index in [2.05, 4.69) is 24.0 Å². The maximum Gasteiger partial charge on any atom is 0.0797 e. The Morgan fingerprint density at radius 1 is 1.33 bits per heavy atom. The Bertz CT molecular complexity index is 434. The molecule has 2 aromatic rings. The molecule has 0 atom stereocenters. The number of nitrogen functional groups attached to an aromatic ring is 1. The van der Waals surface area contributed by atoms with Crippen molar-refractivity contribution in [3.8, 4) is 0 Å². The zero-order chi connectivity index (χ0) is 10.7. The summed E-state index contributed by atoms with van der Waals surface area (Å²) in [6, 6.07) is 7.97. The predicted molar refractivity (Wildman–Crippen MR) is 67.3 cm³/mol. The third-order valence-electron chi connectivity index (χ3n) is 2.09. The van der Waals surface area contributed by atoms with Gasteiger partial charge in [0.25, 0.3) is 0 Å². The third-order valence-corrected chi connectivity index (χ3v) is 4.25. The number of thiazole rings is 1. The first-order valence-electron chi connectivity index (χ1n) is 4.63. The van der Waals surface area contributed by atoms with Crippen LogP contribution in [0.4, 0.5) is 5.69 Å². The van der Waals surface area contributed by atoms with Gasteiger partial charge in [0.05, 0.1) is 11.2 Å². The number of anilines is 1. The second-order valence-electron chi connectivity index (χ2n) is 3.22. The number of rotatable bonds is 3. The van der Waals surface area contributed by atoms with Crippen molar-refractivity contribution in [2.24, 2.45) is 0 Å². The topological polar surface area (TPSA) is 38.9 Å². The van der Waals surface area contributed by atoms with Crippen molar-refractivity contribution in [1.29, 1.82) is 0 Å². The number of benzene rings is 1. The SMILES string of the molecule is Cc1ncsc1CSc1ccc(N)cc1. The molecule has 2 nitrogen and oxygen atoms in total. The first-order valence-corrected chi connectivity index (χ1v) is 6.49. The zero-order valence-corrected chi connectivity index (χ0v) is 10.1. The van der Waals surface area contributed by atoms with Crippen LogP contribution in [-0.4, -0.2) is 4.98 Å². The summed E-state index contributed by atoms with van der Waals surface area (Å²) in [6.07, 6.45) is 0. The molecule has 2 rings (SSSR count). The van der Waals surface area contributed by atoms with E-state index >= 15 is 0 Å². The molecule has 0 aliphatic heterocycles. The molecule has 2 N–H and O–H groups in total. The van der Waals surface area contributed by atoms with Gasteiger partial charge in [-0.05, 0) is 31.2 Å². The number of hydrogen-bond donors (Lipinski definition) is 1. The van der Waals surface area contributed by atoms with Crippen molar-refractivity contribution in [2.45, 2.75) is 17.6 Å². The van der Waals surface area contributed by atoms with E-state index in [1.54, 1.807) is 11.3 Å². The minimum atomic E-state index is 0.813. The Morgan fingerprint density at radius 3 is 2.67 bits per heavy atom. The van der Waals surface area contributed by atoms with Gasteiger partial charge in [-0.25, -0.2) is 4.98 Å². The molecule has 1 aromatic heterocycles. The molecule has 0 bridgehead atoms. The van der Waals surface area contributed by atoms with Gasteiger partial charge in [0.15, 0.2) is 0 Å². The number of thioether (sulfide) groups is 1. The van der Waals surface area contributed by atoms with Gasteiger partial charge < -0.3 is 5.73 Å². The fourth-order valence-electron chi connectivity index (χ4n) is 1.18. The van der Waals surface area contributed by atoms with Crippen LogP contribution in [0.3, 0.4) is 0 Å². The van der Waals surface area contributed by atoms with Crippen LogP contribution in [-0.2, 0) is 5.75 Å². The predicted octanol–water partition coefficient (Wildman–Crippen LogP) is 3.33. The fourth-order valence-corrected chi connectivity index (χ4v) is 3.02. The molecule has 0 aliphatic rings. The highest BCUT2D eigenvalue weighted by molar-refractivity contribution is 7.98. The van der Waals surface area contributed by atoms with Crippen molar-refractivity contribution >= 4 is 28.8 Å². The molecule has 0 spiro atoms. The van der Waals surface area contributed by atoms with Gasteiger partial charge in [-0.15, -0.1) is 23.1 Å². The average molecular weight is 236 g/mol. The van der Waals surface area contributed by atoms with E-state index in [4.69, 9.17) is 5.73 Å². The second-order valence-corrected chi connectivity index (χ2v) is 5.21. The maximum atomic E-state index is 5.62. The highest BCUT2D eigenvalue weighted by Gasteiger charge is 2.02. The van der Waals surface area contributed by atoms with Crippen molar-refractivity contribution in [2.75, 3.05) is 5.73 Å². The summed E-state index contributed by atoms with van der Waals surface area (Å²) in [7, 11) is 0. The summed E-state index contributed by atoms with van der Waals surface area (Å²) in [6.45, 7) is 2.05. The van der Waals surface area contributed by atoms with Gasteiger partial charge in [0.2, 0.25) is 0 Å². The molecule has 0 aliphatic carbocycles. The van der Waals surface area contributed by atoms with Gasteiger partial charge in [0.1, 0.15) is 0 Å². The lowest BCUT2D eigenvalue weighted by atomic mass is 10.3. The largest absolute Gasteiger partial charge is 0.399 e. The van der Waals surface area contributed by atoms with Crippen LogP contribution in [0.15, 0.2) is 34.7 Å². The Kier molecular flexibility index (Phi) is 3.28. The minimum Gasteiger partial charge on any atom is -0.399 e. The van der Waals surface area contributed by atoms with Crippen LogP contribution < -0.4 is 5.73 Å². The van der Waals surface area contributed by atoms with Crippen molar-refractivity contribution in [3.05, 3.63) is 40.3 Å². The molecule has 0 saturated heterocycles. The lowest BCUT2D eigenvalue weighted by Crippen LogP contribution is -1.83. The van der Waals surface area contributed by atoms with Gasteiger partial charge in [-0.2, -0.15) is 0 Å². The Morgan fingerprint density at radius 2 is 2.07 bits per heavy atom. The molecular weight excluding hydrogens is 224 g/mol. The number of aryl methyl sites for hydroxylation is 1. The highest BCUT2D eigenvalue weighted by atomic mass is 32.2. The summed E-state index contributed by atoms with van der Waals surface area (Å²) in [5.41, 5.74) is 9.48. The van der Waals surface area contributed by atoms with Crippen LogP contribution in [0.5, 0.6) is 0 Å². The van der Waals surface area contributed by atoms with Crippen molar-refractivity contribution in [3.63, 3.8) is 0 Å². The molecule has 0 radical (unpaired) electrons. The Hall–Kier alpha value is -1.00. The van der Waals surface area contributed by atoms with Crippen LogP contribution in [0.2, 0.25) is 0 Å². The molecule has 0 amide bonds. The van der Waals surface area contributed by atoms with E-state index in [1.165, 1.54) is 9.77 Å². The Balaban J connectivity index is 1.99. The van der Waals surface area contributed by atoms with E-state index in [0.29, 0.717) is 0 Å². The normalized spacial score (nSPS) is 10.5. The molecule has 0 saturated carbocycles. The van der Waals surface area contributed by atoms with E-state index in [-0.39, 0.29) is 0 Å². The van der Waals surface area contributed by atoms with Crippen molar-refractivity contribution in [1.82, 2.24) is 4.98 Å². The summed E-state index contributed by atoms with van der Waals surface area (Å²) >= 11 is 3.53. The molecule has 4 heteroatoms. The molecular formula is C11H12N2S2. The standard InChI is InChI=1S/C11H12N2S2/c1-8-11(15-7-13-8)6-14-10-4-2-9(12)3-5-10/h2-5,7H,6,12H2,1H3. The highest BCUT2D eigenvalue weighted by Crippen LogP contribution is 2.26. The monoisotopic (exact) mass is 236 g/mol. The van der Waals surface area contributed by atoms with Crippen LogP contribution in [0.25, 0.3) is 0 Å². The number of nitrogens with zero attached hydrogens (tertiary/aromatic N) is 1.